The van der Waals surface area contributed by atoms with Gasteiger partial charge < -0.3 is 14.7 Å². The summed E-state index contributed by atoms with van der Waals surface area (Å²) in [6, 6.07) is 0.865. The van der Waals surface area contributed by atoms with E-state index in [1.165, 1.54) is 111 Å². The van der Waals surface area contributed by atoms with E-state index in [0.717, 1.165) is 27.9 Å². The van der Waals surface area contributed by atoms with Gasteiger partial charge in [-0.05, 0) is 82.6 Å². The number of likely N-dealkylation sites (N-methyl/N-ethyl adjacent to an activating group) is 1. The van der Waals surface area contributed by atoms with Gasteiger partial charge in [0.1, 0.15) is 0 Å². The molecule has 0 radical (unpaired) electrons. The first kappa shape index (κ1) is 21.1. The van der Waals surface area contributed by atoms with Crippen LogP contribution in [0.5, 0.6) is 0 Å². The van der Waals surface area contributed by atoms with E-state index in [2.05, 4.69) is 45.2 Å². The molecule has 2 unspecified atom stereocenters. The van der Waals surface area contributed by atoms with Crippen molar-refractivity contribution >= 4 is 11.8 Å². The first-order valence-electron chi connectivity index (χ1n) is 12.7. The number of hydrogen-bond donors (Lipinski definition) is 0. The summed E-state index contributed by atoms with van der Waals surface area (Å²) in [6.07, 6.45) is 8.73. The lowest BCUT2D eigenvalue weighted by Gasteiger charge is -2.43. The quantitative estimate of drug-likeness (QED) is 0.585. The predicted octanol–water partition coefficient (Wildman–Crippen LogP) is 3.08. The third-order valence-corrected chi connectivity index (χ3v) is 10.5. The molecule has 4 nitrogen and oxygen atoms in total. The number of hydrogen-bond acceptors (Lipinski definition) is 5. The van der Waals surface area contributed by atoms with Crippen LogP contribution in [0.15, 0.2) is 0 Å². The fourth-order valence-electron chi connectivity index (χ4n) is 6.57. The molecule has 0 amide bonds. The Labute approximate surface area is 183 Å². The minimum Gasteiger partial charge on any atom is -0.303 e. The molecule has 29 heavy (non-hydrogen) atoms. The lowest BCUT2D eigenvalue weighted by molar-refractivity contribution is 0.0515. The molecule has 1 saturated carbocycles. The van der Waals surface area contributed by atoms with Crippen LogP contribution in [0.25, 0.3) is 0 Å². The summed E-state index contributed by atoms with van der Waals surface area (Å²) in [7, 11) is 0. The molecule has 4 saturated heterocycles. The minimum absolute atomic E-state index is 0.738. The van der Waals surface area contributed by atoms with E-state index in [4.69, 9.17) is 0 Å². The molecule has 0 N–H and O–H groups in total. The standard InChI is InChI=1S/C24H44N4S/c1-3-25-14-16-28(17-15-25)22-6-12-26(13-7-22)18-21-4-10-27(11-5-21)19-24(8-9-24)23-20(2)29-23/h20-23H,3-19H2,1-2H3. The molecule has 0 aromatic carbocycles. The Morgan fingerprint density at radius 1 is 0.793 bits per heavy atom. The van der Waals surface area contributed by atoms with E-state index in [9.17, 15) is 0 Å². The van der Waals surface area contributed by atoms with E-state index in [0.29, 0.717) is 0 Å². The molecule has 1 aliphatic carbocycles. The summed E-state index contributed by atoms with van der Waals surface area (Å²) in [5.74, 6) is 0.959. The van der Waals surface area contributed by atoms with E-state index in [1.54, 1.807) is 0 Å². The molecule has 5 rings (SSSR count). The molecule has 5 aliphatic rings. The fourth-order valence-corrected chi connectivity index (χ4v) is 7.83. The maximum atomic E-state index is 2.83. The van der Waals surface area contributed by atoms with Gasteiger partial charge in [0.25, 0.3) is 0 Å². The van der Waals surface area contributed by atoms with E-state index in [1.807, 2.05) is 0 Å². The van der Waals surface area contributed by atoms with Crippen molar-refractivity contribution in [3.05, 3.63) is 0 Å². The van der Waals surface area contributed by atoms with Crippen molar-refractivity contribution in [3.8, 4) is 0 Å². The average molecular weight is 421 g/mol. The monoisotopic (exact) mass is 420 g/mol. The highest BCUT2D eigenvalue weighted by molar-refractivity contribution is 8.07. The largest absolute Gasteiger partial charge is 0.303 e. The summed E-state index contributed by atoms with van der Waals surface area (Å²) in [5.41, 5.74) is 0.738. The van der Waals surface area contributed by atoms with Gasteiger partial charge in [0.2, 0.25) is 0 Å². The molecule has 4 heterocycles. The fraction of sp³-hybridized carbons (Fsp3) is 1.00. The zero-order chi connectivity index (χ0) is 19.8. The van der Waals surface area contributed by atoms with Crippen molar-refractivity contribution in [2.75, 3.05) is 72.0 Å². The molecule has 166 valence electrons. The van der Waals surface area contributed by atoms with Crippen LogP contribution in [0.3, 0.4) is 0 Å². The number of piperidine rings is 2. The van der Waals surface area contributed by atoms with Crippen molar-refractivity contribution in [3.63, 3.8) is 0 Å². The van der Waals surface area contributed by atoms with Crippen LogP contribution in [0.2, 0.25) is 0 Å². The molecule has 0 spiro atoms. The second-order valence-corrected chi connectivity index (χ2v) is 12.4. The maximum Gasteiger partial charge on any atom is 0.0235 e. The molecule has 4 aliphatic heterocycles. The first-order chi connectivity index (χ1) is 14.1. The van der Waals surface area contributed by atoms with Gasteiger partial charge in [0.05, 0.1) is 0 Å². The number of likely N-dealkylation sites (tertiary alicyclic amines) is 2. The van der Waals surface area contributed by atoms with Crippen molar-refractivity contribution in [2.24, 2.45) is 11.3 Å². The Bertz CT molecular complexity index is 529. The second kappa shape index (κ2) is 8.97. The molecule has 5 heteroatoms. The van der Waals surface area contributed by atoms with Gasteiger partial charge in [-0.2, -0.15) is 11.8 Å². The summed E-state index contributed by atoms with van der Waals surface area (Å²) in [6.45, 7) is 19.4. The van der Waals surface area contributed by atoms with Crippen LogP contribution in [0.1, 0.15) is 52.4 Å². The van der Waals surface area contributed by atoms with Crippen LogP contribution in [-0.2, 0) is 0 Å². The highest BCUT2D eigenvalue weighted by Gasteiger charge is 2.59. The van der Waals surface area contributed by atoms with Gasteiger partial charge in [-0.15, -0.1) is 0 Å². The smallest absolute Gasteiger partial charge is 0.0235 e. The second-order valence-electron chi connectivity index (χ2n) is 10.8. The van der Waals surface area contributed by atoms with Gasteiger partial charge >= 0.3 is 0 Å². The first-order valence-corrected chi connectivity index (χ1v) is 13.7. The molecular formula is C24H44N4S. The van der Waals surface area contributed by atoms with Crippen molar-refractivity contribution in [2.45, 2.75) is 68.9 Å². The van der Waals surface area contributed by atoms with Crippen LogP contribution >= 0.6 is 11.8 Å². The van der Waals surface area contributed by atoms with E-state index < -0.39 is 0 Å². The van der Waals surface area contributed by atoms with Gasteiger partial charge in [0.15, 0.2) is 0 Å². The average Bonchev–Trinajstić information content (AvgIpc) is 3.68. The summed E-state index contributed by atoms with van der Waals surface area (Å²) < 4.78 is 0. The Balaban J connectivity index is 0.990. The van der Waals surface area contributed by atoms with Gasteiger partial charge in [-0.1, -0.05) is 13.8 Å². The lowest BCUT2D eigenvalue weighted by atomic mass is 9.92. The third-order valence-electron chi connectivity index (χ3n) is 8.90. The molecule has 0 aromatic heterocycles. The highest BCUT2D eigenvalue weighted by atomic mass is 32.2. The number of rotatable bonds is 7. The minimum atomic E-state index is 0.738. The molecule has 5 fully saturated rings. The van der Waals surface area contributed by atoms with Crippen LogP contribution in [-0.4, -0.2) is 108 Å². The van der Waals surface area contributed by atoms with Crippen LogP contribution < -0.4 is 0 Å². The number of nitrogens with zero attached hydrogens (tertiary/aromatic N) is 4. The van der Waals surface area contributed by atoms with Crippen molar-refractivity contribution in [1.29, 1.82) is 0 Å². The maximum absolute atomic E-state index is 2.83. The van der Waals surface area contributed by atoms with Gasteiger partial charge in [0, 0.05) is 55.8 Å². The molecular weight excluding hydrogens is 376 g/mol. The number of piperazine rings is 1. The third kappa shape index (κ3) is 5.00. The summed E-state index contributed by atoms with van der Waals surface area (Å²) in [5, 5.41) is 1.96. The summed E-state index contributed by atoms with van der Waals surface area (Å²) >= 11 is 2.25. The van der Waals surface area contributed by atoms with E-state index >= 15 is 0 Å². The molecule has 2 atom stereocenters. The van der Waals surface area contributed by atoms with Gasteiger partial charge in [-0.25, -0.2) is 0 Å². The Morgan fingerprint density at radius 2 is 1.41 bits per heavy atom. The molecule has 0 aromatic rings. The normalized spacial score (nSPS) is 35.8. The van der Waals surface area contributed by atoms with Gasteiger partial charge in [-0.3, -0.25) is 4.90 Å². The zero-order valence-electron chi connectivity index (χ0n) is 19.0. The van der Waals surface area contributed by atoms with E-state index in [-0.39, 0.29) is 0 Å². The SMILES string of the molecule is CCN1CCN(C2CCN(CC3CCN(CC4(C5SC5C)CC4)CC3)CC2)CC1. The van der Waals surface area contributed by atoms with Crippen LogP contribution in [0.4, 0.5) is 0 Å². The number of thioether (sulfide) groups is 1. The van der Waals surface area contributed by atoms with Crippen LogP contribution in [0, 0.1) is 11.3 Å². The molecule has 0 bridgehead atoms. The zero-order valence-corrected chi connectivity index (χ0v) is 19.8. The van der Waals surface area contributed by atoms with Crippen molar-refractivity contribution in [1.82, 2.24) is 19.6 Å². The van der Waals surface area contributed by atoms with Crippen molar-refractivity contribution < 1.29 is 0 Å². The highest BCUT2D eigenvalue weighted by Crippen LogP contribution is 2.64. The Morgan fingerprint density at radius 3 is 1.97 bits per heavy atom. The topological polar surface area (TPSA) is 13.0 Å². The lowest BCUT2D eigenvalue weighted by Crippen LogP contribution is -2.53. The Hall–Kier alpha value is 0.190. The summed E-state index contributed by atoms with van der Waals surface area (Å²) in [4.78, 5) is 11.0. The predicted molar refractivity (Wildman–Crippen MR) is 125 cm³/mol. The Kier molecular flexibility index (Phi) is 6.52.